The van der Waals surface area contributed by atoms with Crippen molar-refractivity contribution in [3.05, 3.63) is 17.8 Å². The van der Waals surface area contributed by atoms with Crippen LogP contribution >= 0.6 is 0 Å². The summed E-state index contributed by atoms with van der Waals surface area (Å²) in [4.78, 5) is 17.1. The van der Waals surface area contributed by atoms with Crippen LogP contribution in [0, 0.1) is 6.92 Å². The summed E-state index contributed by atoms with van der Waals surface area (Å²) in [5.41, 5.74) is 0.841. The van der Waals surface area contributed by atoms with E-state index in [1.807, 2.05) is 19.9 Å². The van der Waals surface area contributed by atoms with E-state index in [-0.39, 0.29) is 5.91 Å². The van der Waals surface area contributed by atoms with Gasteiger partial charge in [0, 0.05) is 19.3 Å². The lowest BCUT2D eigenvalue weighted by atomic mass is 9.83. The Kier molecular flexibility index (Phi) is 6.99. The summed E-state index contributed by atoms with van der Waals surface area (Å²) in [5, 5.41) is 2.97. The second kappa shape index (κ2) is 8.99. The average Bonchev–Trinajstić information content (AvgIpc) is 2.58. The molecule has 1 heterocycles. The van der Waals surface area contributed by atoms with Crippen molar-refractivity contribution in [1.82, 2.24) is 4.98 Å². The number of hydrogen-bond acceptors (Lipinski definition) is 5. The van der Waals surface area contributed by atoms with Gasteiger partial charge in [-0.15, -0.1) is 0 Å². The van der Waals surface area contributed by atoms with Gasteiger partial charge in [0.25, 0.3) is 5.91 Å². The number of methoxy groups -OCH3 is 1. The van der Waals surface area contributed by atoms with Crippen LogP contribution in [0.3, 0.4) is 0 Å². The quantitative estimate of drug-likeness (QED) is 0.739. The molecule has 1 aromatic heterocycles. The average molecular weight is 336 g/mol. The van der Waals surface area contributed by atoms with Crippen molar-refractivity contribution in [2.45, 2.75) is 51.6 Å². The molecule has 6 nitrogen and oxygen atoms in total. The zero-order valence-electron chi connectivity index (χ0n) is 14.9. The zero-order chi connectivity index (χ0) is 17.4. The molecular weight excluding hydrogens is 308 g/mol. The Morgan fingerprint density at radius 2 is 2.04 bits per heavy atom. The van der Waals surface area contributed by atoms with E-state index < -0.39 is 5.60 Å². The molecule has 0 aromatic carbocycles. The van der Waals surface area contributed by atoms with Crippen LogP contribution in [0.2, 0.25) is 0 Å². The predicted molar refractivity (Wildman–Crippen MR) is 92.4 cm³/mol. The van der Waals surface area contributed by atoms with E-state index in [0.29, 0.717) is 31.4 Å². The molecule has 1 amide bonds. The standard InChI is InChI=1S/C18H28N2O4/c1-4-24-18(8-6-5-7-9-18)17(21)20-15-12-14(2)16(19-13-15)23-11-10-22-3/h12-13H,4-11H2,1-3H3,(H,20,21). The fourth-order valence-electron chi connectivity index (χ4n) is 3.08. The largest absolute Gasteiger partial charge is 0.475 e. The number of nitrogens with zero attached hydrogens (tertiary/aromatic N) is 1. The van der Waals surface area contributed by atoms with Crippen molar-refractivity contribution >= 4 is 11.6 Å². The highest BCUT2D eigenvalue weighted by Gasteiger charge is 2.40. The first kappa shape index (κ1) is 18.7. The first-order valence-electron chi connectivity index (χ1n) is 8.65. The summed E-state index contributed by atoms with van der Waals surface area (Å²) in [5.74, 6) is 0.487. The number of nitrogens with one attached hydrogen (secondary N) is 1. The minimum absolute atomic E-state index is 0.0710. The molecule has 1 saturated carbocycles. The monoisotopic (exact) mass is 336 g/mol. The highest BCUT2D eigenvalue weighted by atomic mass is 16.5. The van der Waals surface area contributed by atoms with E-state index in [2.05, 4.69) is 10.3 Å². The van der Waals surface area contributed by atoms with Crippen LogP contribution in [0.4, 0.5) is 5.69 Å². The number of amides is 1. The smallest absolute Gasteiger partial charge is 0.256 e. The Labute approximate surface area is 143 Å². The second-order valence-corrected chi connectivity index (χ2v) is 6.13. The van der Waals surface area contributed by atoms with Gasteiger partial charge in [-0.2, -0.15) is 0 Å². The number of carbonyl (C=O) groups is 1. The molecule has 0 bridgehead atoms. The van der Waals surface area contributed by atoms with Gasteiger partial charge < -0.3 is 19.5 Å². The fraction of sp³-hybridized carbons (Fsp3) is 0.667. The molecule has 0 spiro atoms. The zero-order valence-corrected chi connectivity index (χ0v) is 14.9. The minimum atomic E-state index is -0.700. The van der Waals surface area contributed by atoms with E-state index in [9.17, 15) is 4.79 Å². The molecule has 1 aromatic rings. The lowest BCUT2D eigenvalue weighted by Gasteiger charge is -2.35. The molecule has 0 aliphatic heterocycles. The Morgan fingerprint density at radius 3 is 2.67 bits per heavy atom. The fourth-order valence-corrected chi connectivity index (χ4v) is 3.08. The van der Waals surface area contributed by atoms with Crippen molar-refractivity contribution in [3.8, 4) is 5.88 Å². The number of rotatable bonds is 8. The Hall–Kier alpha value is -1.66. The van der Waals surface area contributed by atoms with Crippen molar-refractivity contribution in [1.29, 1.82) is 0 Å². The molecular formula is C18H28N2O4. The van der Waals surface area contributed by atoms with Crippen LogP contribution in [0.5, 0.6) is 5.88 Å². The molecule has 0 radical (unpaired) electrons. The maximum Gasteiger partial charge on any atom is 0.256 e. The molecule has 24 heavy (non-hydrogen) atoms. The summed E-state index contributed by atoms with van der Waals surface area (Å²) in [6.07, 6.45) is 6.38. The van der Waals surface area contributed by atoms with E-state index >= 15 is 0 Å². The highest BCUT2D eigenvalue weighted by molar-refractivity contribution is 5.97. The van der Waals surface area contributed by atoms with Crippen LogP contribution in [0.1, 0.15) is 44.6 Å². The summed E-state index contributed by atoms with van der Waals surface area (Å²) < 4.78 is 16.3. The number of anilines is 1. The second-order valence-electron chi connectivity index (χ2n) is 6.13. The number of ether oxygens (including phenoxy) is 3. The lowest BCUT2D eigenvalue weighted by Crippen LogP contribution is -2.47. The van der Waals surface area contributed by atoms with Gasteiger partial charge in [-0.25, -0.2) is 4.98 Å². The van der Waals surface area contributed by atoms with E-state index in [0.717, 1.165) is 37.7 Å². The molecule has 0 atom stereocenters. The molecule has 1 aliphatic carbocycles. The number of hydrogen-bond donors (Lipinski definition) is 1. The van der Waals surface area contributed by atoms with Crippen molar-refractivity contribution in [3.63, 3.8) is 0 Å². The van der Waals surface area contributed by atoms with Gasteiger partial charge >= 0.3 is 0 Å². The third kappa shape index (κ3) is 4.68. The Balaban J connectivity index is 2.03. The van der Waals surface area contributed by atoms with Gasteiger partial charge in [0.2, 0.25) is 5.88 Å². The summed E-state index contributed by atoms with van der Waals surface area (Å²) >= 11 is 0. The number of aromatic nitrogens is 1. The number of aryl methyl sites for hydroxylation is 1. The molecule has 2 rings (SSSR count). The normalized spacial score (nSPS) is 16.6. The first-order chi connectivity index (χ1) is 11.6. The first-order valence-corrected chi connectivity index (χ1v) is 8.65. The van der Waals surface area contributed by atoms with E-state index in [4.69, 9.17) is 14.2 Å². The molecule has 1 N–H and O–H groups in total. The van der Waals surface area contributed by atoms with Crippen LogP contribution in [0.15, 0.2) is 12.3 Å². The van der Waals surface area contributed by atoms with E-state index in [1.54, 1.807) is 13.3 Å². The molecule has 6 heteroatoms. The van der Waals surface area contributed by atoms with Crippen LogP contribution in [-0.2, 0) is 14.3 Å². The summed E-state index contributed by atoms with van der Waals surface area (Å²) in [7, 11) is 1.63. The molecule has 1 fully saturated rings. The molecule has 1 aliphatic rings. The topological polar surface area (TPSA) is 69.7 Å². The number of pyridine rings is 1. The maximum absolute atomic E-state index is 12.8. The van der Waals surface area contributed by atoms with Gasteiger partial charge in [0.15, 0.2) is 0 Å². The van der Waals surface area contributed by atoms with Crippen LogP contribution in [0.25, 0.3) is 0 Å². The van der Waals surface area contributed by atoms with Gasteiger partial charge in [-0.1, -0.05) is 19.3 Å². The van der Waals surface area contributed by atoms with Crippen molar-refractivity contribution < 1.29 is 19.0 Å². The van der Waals surface area contributed by atoms with Crippen molar-refractivity contribution in [2.75, 3.05) is 32.2 Å². The molecule has 134 valence electrons. The highest BCUT2D eigenvalue weighted by Crippen LogP contribution is 2.33. The Bertz CT molecular complexity index is 536. The minimum Gasteiger partial charge on any atom is -0.475 e. The maximum atomic E-state index is 12.8. The Morgan fingerprint density at radius 1 is 1.29 bits per heavy atom. The van der Waals surface area contributed by atoms with Crippen molar-refractivity contribution in [2.24, 2.45) is 0 Å². The van der Waals surface area contributed by atoms with Gasteiger partial charge in [0.1, 0.15) is 12.2 Å². The third-order valence-corrected chi connectivity index (χ3v) is 4.31. The number of carbonyl (C=O) groups excluding carboxylic acids is 1. The predicted octanol–water partition coefficient (Wildman–Crippen LogP) is 3.09. The van der Waals surface area contributed by atoms with Crippen LogP contribution < -0.4 is 10.1 Å². The van der Waals surface area contributed by atoms with Gasteiger partial charge in [-0.05, 0) is 32.8 Å². The van der Waals surface area contributed by atoms with Gasteiger partial charge in [0.05, 0.1) is 18.5 Å². The van der Waals surface area contributed by atoms with Crippen LogP contribution in [-0.4, -0.2) is 43.4 Å². The molecule has 0 saturated heterocycles. The summed E-state index contributed by atoms with van der Waals surface area (Å²) in [6, 6.07) is 1.87. The summed E-state index contributed by atoms with van der Waals surface area (Å²) in [6.45, 7) is 5.34. The molecule has 0 unspecified atom stereocenters. The SMILES string of the molecule is CCOC1(C(=O)Nc2cnc(OCCOC)c(C)c2)CCCCC1. The van der Waals surface area contributed by atoms with Gasteiger partial charge in [-0.3, -0.25) is 4.79 Å². The lowest BCUT2D eigenvalue weighted by molar-refractivity contribution is -0.145. The third-order valence-electron chi connectivity index (χ3n) is 4.31. The van der Waals surface area contributed by atoms with E-state index in [1.165, 1.54) is 0 Å².